The SMILES string of the molecule is CCOC(=O)C(N)Cc1cc2cc(OC)ccc2n1C. The van der Waals surface area contributed by atoms with Crippen molar-refractivity contribution in [1.29, 1.82) is 0 Å². The van der Waals surface area contributed by atoms with Crippen molar-refractivity contribution in [3.05, 3.63) is 30.0 Å². The lowest BCUT2D eigenvalue weighted by molar-refractivity contribution is -0.144. The third-order valence-electron chi connectivity index (χ3n) is 3.37. The second-order valence-corrected chi connectivity index (χ2v) is 4.68. The Bertz CT molecular complexity index is 619. The van der Waals surface area contributed by atoms with Gasteiger partial charge in [-0.1, -0.05) is 0 Å². The zero-order valence-electron chi connectivity index (χ0n) is 12.1. The van der Waals surface area contributed by atoms with Crippen molar-refractivity contribution in [3.8, 4) is 5.75 Å². The fourth-order valence-electron chi connectivity index (χ4n) is 2.27. The van der Waals surface area contributed by atoms with Gasteiger partial charge in [-0.15, -0.1) is 0 Å². The number of esters is 1. The number of hydrogen-bond donors (Lipinski definition) is 1. The molecule has 2 aromatic rings. The number of nitrogens with two attached hydrogens (primary N) is 1. The molecule has 2 rings (SSSR count). The summed E-state index contributed by atoms with van der Waals surface area (Å²) in [6.07, 6.45) is 0.451. The Morgan fingerprint density at radius 3 is 2.80 bits per heavy atom. The van der Waals surface area contributed by atoms with E-state index in [4.69, 9.17) is 15.2 Å². The largest absolute Gasteiger partial charge is 0.497 e. The first-order valence-electron chi connectivity index (χ1n) is 6.61. The van der Waals surface area contributed by atoms with Gasteiger partial charge in [0.25, 0.3) is 0 Å². The third-order valence-corrected chi connectivity index (χ3v) is 3.37. The second kappa shape index (κ2) is 5.96. The van der Waals surface area contributed by atoms with Gasteiger partial charge in [0.15, 0.2) is 0 Å². The third kappa shape index (κ3) is 2.77. The van der Waals surface area contributed by atoms with Gasteiger partial charge in [-0.2, -0.15) is 0 Å². The van der Waals surface area contributed by atoms with Crippen LogP contribution in [0.5, 0.6) is 5.75 Å². The van der Waals surface area contributed by atoms with Crippen molar-refractivity contribution in [2.45, 2.75) is 19.4 Å². The molecule has 20 heavy (non-hydrogen) atoms. The van der Waals surface area contributed by atoms with Crippen molar-refractivity contribution in [3.63, 3.8) is 0 Å². The zero-order valence-corrected chi connectivity index (χ0v) is 12.1. The molecule has 5 heteroatoms. The predicted molar refractivity (Wildman–Crippen MR) is 77.8 cm³/mol. The highest BCUT2D eigenvalue weighted by Gasteiger charge is 2.17. The summed E-state index contributed by atoms with van der Waals surface area (Å²) in [6.45, 7) is 2.12. The molecule has 1 aromatic heterocycles. The van der Waals surface area contributed by atoms with Gasteiger partial charge < -0.3 is 19.8 Å². The van der Waals surface area contributed by atoms with Crippen LogP contribution < -0.4 is 10.5 Å². The first-order chi connectivity index (χ1) is 9.56. The van der Waals surface area contributed by atoms with Gasteiger partial charge in [-0.05, 0) is 31.2 Å². The summed E-state index contributed by atoms with van der Waals surface area (Å²) in [5.74, 6) is 0.444. The number of nitrogens with zero attached hydrogens (tertiary/aromatic N) is 1. The number of benzene rings is 1. The molecule has 0 bridgehead atoms. The molecule has 0 aliphatic rings. The predicted octanol–water partition coefficient (Wildman–Crippen LogP) is 1.62. The van der Waals surface area contributed by atoms with Gasteiger partial charge in [0.1, 0.15) is 11.8 Å². The molecule has 1 aromatic carbocycles. The van der Waals surface area contributed by atoms with E-state index in [1.54, 1.807) is 14.0 Å². The van der Waals surface area contributed by atoms with Crippen LogP contribution in [0.1, 0.15) is 12.6 Å². The number of rotatable bonds is 5. The lowest BCUT2D eigenvalue weighted by Crippen LogP contribution is -2.34. The normalized spacial score (nSPS) is 12.4. The maximum atomic E-state index is 11.6. The van der Waals surface area contributed by atoms with Crippen LogP contribution in [0.25, 0.3) is 10.9 Å². The molecule has 5 nitrogen and oxygen atoms in total. The first-order valence-corrected chi connectivity index (χ1v) is 6.61. The van der Waals surface area contributed by atoms with E-state index in [2.05, 4.69) is 0 Å². The molecule has 0 aliphatic carbocycles. The first kappa shape index (κ1) is 14.4. The smallest absolute Gasteiger partial charge is 0.323 e. The van der Waals surface area contributed by atoms with Gasteiger partial charge >= 0.3 is 5.97 Å². The van der Waals surface area contributed by atoms with E-state index in [1.807, 2.05) is 35.9 Å². The number of hydrogen-bond acceptors (Lipinski definition) is 4. The summed E-state index contributed by atoms with van der Waals surface area (Å²) in [5.41, 5.74) is 7.94. The molecular formula is C15H20N2O3. The lowest BCUT2D eigenvalue weighted by atomic mass is 10.1. The van der Waals surface area contributed by atoms with Crippen LogP contribution in [-0.4, -0.2) is 30.3 Å². The van der Waals surface area contributed by atoms with Crippen LogP contribution in [0.4, 0.5) is 0 Å². The molecule has 0 aliphatic heterocycles. The van der Waals surface area contributed by atoms with Crippen molar-refractivity contribution >= 4 is 16.9 Å². The summed E-state index contributed by atoms with van der Waals surface area (Å²) >= 11 is 0. The molecule has 2 N–H and O–H groups in total. The standard InChI is InChI=1S/C15H20N2O3/c1-4-20-15(18)13(16)9-11-7-10-8-12(19-3)5-6-14(10)17(11)2/h5-8,13H,4,9,16H2,1-3H3. The van der Waals surface area contributed by atoms with E-state index in [0.717, 1.165) is 22.3 Å². The van der Waals surface area contributed by atoms with Crippen LogP contribution in [0.2, 0.25) is 0 Å². The summed E-state index contributed by atoms with van der Waals surface area (Å²) in [4.78, 5) is 11.6. The van der Waals surface area contributed by atoms with Gasteiger partial charge in [0.05, 0.1) is 13.7 Å². The summed E-state index contributed by atoms with van der Waals surface area (Å²) < 4.78 is 12.2. The number of ether oxygens (including phenoxy) is 2. The fourth-order valence-corrected chi connectivity index (χ4v) is 2.27. The van der Waals surface area contributed by atoms with Gasteiger partial charge in [-0.25, -0.2) is 0 Å². The molecule has 1 atom stereocenters. The number of fused-ring (bicyclic) bond motifs is 1. The topological polar surface area (TPSA) is 66.5 Å². The minimum atomic E-state index is -0.639. The van der Waals surface area contributed by atoms with E-state index >= 15 is 0 Å². The van der Waals surface area contributed by atoms with Crippen LogP contribution in [0, 0.1) is 0 Å². The highest BCUT2D eigenvalue weighted by Crippen LogP contribution is 2.24. The average Bonchev–Trinajstić information content (AvgIpc) is 2.75. The maximum absolute atomic E-state index is 11.6. The van der Waals surface area contributed by atoms with Crippen molar-refractivity contribution < 1.29 is 14.3 Å². The number of aromatic nitrogens is 1. The highest BCUT2D eigenvalue weighted by atomic mass is 16.5. The molecule has 108 valence electrons. The van der Waals surface area contributed by atoms with Crippen LogP contribution in [-0.2, 0) is 23.0 Å². The van der Waals surface area contributed by atoms with Crippen molar-refractivity contribution in [2.24, 2.45) is 12.8 Å². The van der Waals surface area contributed by atoms with Gasteiger partial charge in [0.2, 0.25) is 0 Å². The van der Waals surface area contributed by atoms with Crippen LogP contribution in [0.15, 0.2) is 24.3 Å². The van der Waals surface area contributed by atoms with Gasteiger partial charge in [0, 0.05) is 30.1 Å². The second-order valence-electron chi connectivity index (χ2n) is 4.68. The Balaban J connectivity index is 2.26. The molecule has 1 unspecified atom stereocenters. The Kier molecular flexibility index (Phi) is 4.29. The maximum Gasteiger partial charge on any atom is 0.323 e. The molecule has 0 amide bonds. The molecule has 0 spiro atoms. The summed E-state index contributed by atoms with van der Waals surface area (Å²) in [5, 5.41) is 1.07. The highest BCUT2D eigenvalue weighted by molar-refractivity contribution is 5.83. The average molecular weight is 276 g/mol. The van der Waals surface area contributed by atoms with E-state index in [-0.39, 0.29) is 5.97 Å². The summed E-state index contributed by atoms with van der Waals surface area (Å²) in [7, 11) is 3.60. The van der Waals surface area contributed by atoms with Crippen LogP contribution >= 0.6 is 0 Å². The zero-order chi connectivity index (χ0) is 14.7. The van der Waals surface area contributed by atoms with E-state index in [1.165, 1.54) is 0 Å². The monoisotopic (exact) mass is 276 g/mol. The minimum absolute atomic E-state index is 0.346. The fraction of sp³-hybridized carbons (Fsp3) is 0.400. The Labute approximate surface area is 118 Å². The molecule has 0 fully saturated rings. The molecule has 0 saturated carbocycles. The Hall–Kier alpha value is -2.01. The number of carbonyl (C=O) groups excluding carboxylic acids is 1. The van der Waals surface area contributed by atoms with Crippen molar-refractivity contribution in [1.82, 2.24) is 4.57 Å². The quantitative estimate of drug-likeness (QED) is 0.843. The van der Waals surface area contributed by atoms with E-state index < -0.39 is 6.04 Å². The molecule has 1 heterocycles. The van der Waals surface area contributed by atoms with Crippen LogP contribution in [0.3, 0.4) is 0 Å². The Morgan fingerprint density at radius 2 is 2.15 bits per heavy atom. The van der Waals surface area contributed by atoms with Crippen molar-refractivity contribution in [2.75, 3.05) is 13.7 Å². The number of carbonyl (C=O) groups is 1. The molecular weight excluding hydrogens is 256 g/mol. The van der Waals surface area contributed by atoms with Gasteiger partial charge in [-0.3, -0.25) is 4.79 Å². The lowest BCUT2D eigenvalue weighted by Gasteiger charge is -2.11. The Morgan fingerprint density at radius 1 is 1.40 bits per heavy atom. The number of aryl methyl sites for hydroxylation is 1. The summed E-state index contributed by atoms with van der Waals surface area (Å²) in [6, 6.07) is 7.26. The number of methoxy groups -OCH3 is 1. The molecule has 0 radical (unpaired) electrons. The molecule has 0 saturated heterocycles. The van der Waals surface area contributed by atoms with E-state index in [0.29, 0.717) is 13.0 Å². The van der Waals surface area contributed by atoms with E-state index in [9.17, 15) is 4.79 Å². The minimum Gasteiger partial charge on any atom is -0.497 e.